The van der Waals surface area contributed by atoms with E-state index in [0.29, 0.717) is 43.7 Å². The van der Waals surface area contributed by atoms with Crippen LogP contribution >= 0.6 is 0 Å². The molecule has 1 saturated heterocycles. The number of carbonyl (C=O) groups excluding carboxylic acids is 2. The molecule has 3 rings (SSSR count). The van der Waals surface area contributed by atoms with Crippen LogP contribution in [0.25, 0.3) is 0 Å². The largest absolute Gasteiger partial charge is 0.362 e. The van der Waals surface area contributed by atoms with Crippen molar-refractivity contribution >= 4 is 11.8 Å². The molecule has 2 aromatic rings. The fourth-order valence-corrected chi connectivity index (χ4v) is 3.51. The SMILES string of the molecule is Cc1cc(CC(=O)N2CCCN(C(=O)c3cccc(C#N)c3)CC2)c(C)[nH]1. The fourth-order valence-electron chi connectivity index (χ4n) is 3.51. The first-order valence-electron chi connectivity index (χ1n) is 9.20. The Bertz CT molecular complexity index is 894. The van der Waals surface area contributed by atoms with Crippen LogP contribution in [0.1, 0.15) is 39.3 Å². The van der Waals surface area contributed by atoms with Gasteiger partial charge in [-0.1, -0.05) is 6.07 Å². The number of hydrogen-bond donors (Lipinski definition) is 1. The van der Waals surface area contributed by atoms with E-state index in [9.17, 15) is 9.59 Å². The van der Waals surface area contributed by atoms with Crippen LogP contribution in [0.2, 0.25) is 0 Å². The average molecular weight is 364 g/mol. The number of hydrogen-bond acceptors (Lipinski definition) is 3. The Morgan fingerprint density at radius 1 is 1.11 bits per heavy atom. The number of rotatable bonds is 3. The van der Waals surface area contributed by atoms with Gasteiger partial charge in [-0.05, 0) is 50.1 Å². The average Bonchev–Trinajstić information content (AvgIpc) is 2.87. The molecule has 2 heterocycles. The molecular formula is C21H24N4O2. The Kier molecular flexibility index (Phi) is 5.60. The highest BCUT2D eigenvalue weighted by Crippen LogP contribution is 2.14. The number of nitrogens with zero attached hydrogens (tertiary/aromatic N) is 3. The van der Waals surface area contributed by atoms with Crippen molar-refractivity contribution in [3.05, 3.63) is 58.4 Å². The first kappa shape index (κ1) is 18.7. The summed E-state index contributed by atoms with van der Waals surface area (Å²) in [7, 11) is 0. The second kappa shape index (κ2) is 8.09. The summed E-state index contributed by atoms with van der Waals surface area (Å²) in [6, 6.07) is 10.8. The predicted octanol–water partition coefficient (Wildman–Crippen LogP) is 2.42. The molecule has 0 aliphatic carbocycles. The van der Waals surface area contributed by atoms with Crippen LogP contribution in [0.15, 0.2) is 30.3 Å². The minimum Gasteiger partial charge on any atom is -0.362 e. The zero-order valence-electron chi connectivity index (χ0n) is 15.8. The zero-order chi connectivity index (χ0) is 19.4. The number of benzene rings is 1. The van der Waals surface area contributed by atoms with Gasteiger partial charge in [-0.15, -0.1) is 0 Å². The Hall–Kier alpha value is -3.07. The summed E-state index contributed by atoms with van der Waals surface area (Å²) in [4.78, 5) is 32.3. The fraction of sp³-hybridized carbons (Fsp3) is 0.381. The molecule has 2 amide bonds. The second-order valence-electron chi connectivity index (χ2n) is 7.00. The lowest BCUT2D eigenvalue weighted by molar-refractivity contribution is -0.130. The molecule has 6 nitrogen and oxygen atoms in total. The van der Waals surface area contributed by atoms with Crippen LogP contribution in [-0.4, -0.2) is 52.8 Å². The Morgan fingerprint density at radius 3 is 2.56 bits per heavy atom. The lowest BCUT2D eigenvalue weighted by Crippen LogP contribution is -2.38. The highest BCUT2D eigenvalue weighted by molar-refractivity contribution is 5.94. The van der Waals surface area contributed by atoms with Crippen molar-refractivity contribution in [3.8, 4) is 6.07 Å². The molecule has 140 valence electrons. The Morgan fingerprint density at radius 2 is 1.85 bits per heavy atom. The normalized spacial score (nSPS) is 14.6. The lowest BCUT2D eigenvalue weighted by atomic mass is 10.1. The summed E-state index contributed by atoms with van der Waals surface area (Å²) >= 11 is 0. The number of aryl methyl sites for hydroxylation is 2. The van der Waals surface area contributed by atoms with E-state index in [1.54, 1.807) is 29.2 Å². The third-order valence-electron chi connectivity index (χ3n) is 4.97. The molecule has 0 spiro atoms. The van der Waals surface area contributed by atoms with E-state index < -0.39 is 0 Å². The molecule has 1 aliphatic heterocycles. The summed E-state index contributed by atoms with van der Waals surface area (Å²) in [6.07, 6.45) is 1.13. The molecule has 0 unspecified atom stereocenters. The van der Waals surface area contributed by atoms with Crippen LogP contribution in [0.5, 0.6) is 0 Å². The topological polar surface area (TPSA) is 80.2 Å². The van der Waals surface area contributed by atoms with E-state index in [0.717, 1.165) is 23.4 Å². The molecule has 0 saturated carbocycles. The quantitative estimate of drug-likeness (QED) is 0.908. The van der Waals surface area contributed by atoms with E-state index in [1.807, 2.05) is 24.8 Å². The van der Waals surface area contributed by atoms with Gasteiger partial charge in [-0.3, -0.25) is 9.59 Å². The minimum absolute atomic E-state index is 0.0847. The number of carbonyl (C=O) groups is 2. The maximum atomic E-state index is 12.7. The summed E-state index contributed by atoms with van der Waals surface area (Å²) in [5.74, 6) is 0.0105. The molecule has 1 aromatic carbocycles. The minimum atomic E-state index is -0.0847. The summed E-state index contributed by atoms with van der Waals surface area (Å²) < 4.78 is 0. The monoisotopic (exact) mass is 364 g/mol. The lowest BCUT2D eigenvalue weighted by Gasteiger charge is -2.22. The third-order valence-corrected chi connectivity index (χ3v) is 4.97. The van der Waals surface area contributed by atoms with Crippen LogP contribution < -0.4 is 0 Å². The predicted molar refractivity (Wildman–Crippen MR) is 102 cm³/mol. The highest BCUT2D eigenvalue weighted by Gasteiger charge is 2.23. The van der Waals surface area contributed by atoms with E-state index in [1.165, 1.54) is 0 Å². The van der Waals surface area contributed by atoms with Gasteiger partial charge >= 0.3 is 0 Å². The Labute approximate surface area is 159 Å². The molecule has 0 bridgehead atoms. The van der Waals surface area contributed by atoms with Crippen molar-refractivity contribution in [2.75, 3.05) is 26.2 Å². The maximum Gasteiger partial charge on any atom is 0.253 e. The third kappa shape index (κ3) is 4.37. The summed E-state index contributed by atoms with van der Waals surface area (Å²) in [5, 5.41) is 9.02. The van der Waals surface area contributed by atoms with Gasteiger partial charge in [-0.2, -0.15) is 5.26 Å². The first-order chi connectivity index (χ1) is 13.0. The first-order valence-corrected chi connectivity index (χ1v) is 9.20. The number of nitriles is 1. The van der Waals surface area contributed by atoms with Gasteiger partial charge in [0.05, 0.1) is 18.1 Å². The number of aromatic amines is 1. The highest BCUT2D eigenvalue weighted by atomic mass is 16.2. The van der Waals surface area contributed by atoms with E-state index in [4.69, 9.17) is 5.26 Å². The van der Waals surface area contributed by atoms with Gasteiger partial charge in [0.2, 0.25) is 5.91 Å². The van der Waals surface area contributed by atoms with Crippen molar-refractivity contribution in [2.24, 2.45) is 0 Å². The molecule has 1 aliphatic rings. The zero-order valence-corrected chi connectivity index (χ0v) is 15.8. The van der Waals surface area contributed by atoms with Crippen LogP contribution in [0.4, 0.5) is 0 Å². The van der Waals surface area contributed by atoms with E-state index in [-0.39, 0.29) is 11.8 Å². The molecule has 27 heavy (non-hydrogen) atoms. The number of aromatic nitrogens is 1. The van der Waals surface area contributed by atoms with Crippen LogP contribution in [0, 0.1) is 25.2 Å². The summed E-state index contributed by atoms with van der Waals surface area (Å²) in [5.41, 5.74) is 4.12. The van der Waals surface area contributed by atoms with Gasteiger partial charge in [0.1, 0.15) is 0 Å². The van der Waals surface area contributed by atoms with Crippen LogP contribution in [-0.2, 0) is 11.2 Å². The van der Waals surface area contributed by atoms with Gasteiger partial charge in [-0.25, -0.2) is 0 Å². The molecule has 1 aromatic heterocycles. The molecule has 6 heteroatoms. The molecule has 0 radical (unpaired) electrons. The molecule has 0 atom stereocenters. The van der Waals surface area contributed by atoms with Gasteiger partial charge in [0, 0.05) is 43.1 Å². The molecular weight excluding hydrogens is 340 g/mol. The smallest absolute Gasteiger partial charge is 0.253 e. The number of amides is 2. The van der Waals surface area contributed by atoms with Crippen molar-refractivity contribution in [2.45, 2.75) is 26.7 Å². The summed E-state index contributed by atoms with van der Waals surface area (Å²) in [6.45, 7) is 6.27. The molecule has 1 fully saturated rings. The van der Waals surface area contributed by atoms with E-state index >= 15 is 0 Å². The van der Waals surface area contributed by atoms with Crippen molar-refractivity contribution in [1.82, 2.24) is 14.8 Å². The Balaban J connectivity index is 1.63. The standard InChI is InChI=1S/C21H24N4O2/c1-15-11-19(16(2)23-15)13-20(26)24-7-4-8-25(10-9-24)21(27)18-6-3-5-17(12-18)14-22/h3,5-6,11-12,23H,4,7-10,13H2,1-2H3. The second-order valence-corrected chi connectivity index (χ2v) is 7.00. The number of H-pyrrole nitrogens is 1. The van der Waals surface area contributed by atoms with Gasteiger partial charge in [0.15, 0.2) is 0 Å². The van der Waals surface area contributed by atoms with Crippen molar-refractivity contribution in [1.29, 1.82) is 5.26 Å². The molecule has 1 N–H and O–H groups in total. The number of nitrogens with one attached hydrogen (secondary N) is 1. The maximum absolute atomic E-state index is 12.7. The van der Waals surface area contributed by atoms with E-state index in [2.05, 4.69) is 11.1 Å². The van der Waals surface area contributed by atoms with Crippen molar-refractivity contribution < 1.29 is 9.59 Å². The van der Waals surface area contributed by atoms with Gasteiger partial charge in [0.25, 0.3) is 5.91 Å². The van der Waals surface area contributed by atoms with Crippen molar-refractivity contribution in [3.63, 3.8) is 0 Å². The van der Waals surface area contributed by atoms with Gasteiger partial charge < -0.3 is 14.8 Å². The van der Waals surface area contributed by atoms with Crippen LogP contribution in [0.3, 0.4) is 0 Å².